The number of thioether (sulfide) groups is 1. The second kappa shape index (κ2) is 7.69. The number of rotatable bonds is 7. The van der Waals surface area contributed by atoms with Gasteiger partial charge in [0.05, 0.1) is 5.75 Å². The Morgan fingerprint density at radius 1 is 1.32 bits per heavy atom. The molecule has 1 N–H and O–H groups in total. The highest BCUT2D eigenvalue weighted by atomic mass is 32.2. The van der Waals surface area contributed by atoms with E-state index in [1.165, 1.54) is 23.1 Å². The zero-order valence-electron chi connectivity index (χ0n) is 12.1. The molecule has 1 heterocycles. The zero-order valence-corrected chi connectivity index (χ0v) is 13.8. The van der Waals surface area contributed by atoms with Crippen molar-refractivity contribution >= 4 is 34.1 Å². The predicted octanol–water partition coefficient (Wildman–Crippen LogP) is 2.71. The van der Waals surface area contributed by atoms with Crippen LogP contribution in [0.5, 0.6) is 0 Å². The molecular formula is C12H22N4OS2. The summed E-state index contributed by atoms with van der Waals surface area (Å²) >= 11 is 2.94. The number of amides is 1. The Bertz CT molecular complexity index is 398. The van der Waals surface area contributed by atoms with E-state index in [-0.39, 0.29) is 18.0 Å². The van der Waals surface area contributed by atoms with E-state index in [9.17, 15) is 4.79 Å². The van der Waals surface area contributed by atoms with Gasteiger partial charge in [0.1, 0.15) is 0 Å². The van der Waals surface area contributed by atoms with Crippen LogP contribution in [0.25, 0.3) is 0 Å². The molecule has 0 radical (unpaired) electrons. The first-order chi connectivity index (χ1) is 8.95. The molecule has 0 aliphatic heterocycles. The van der Waals surface area contributed by atoms with Crippen molar-refractivity contribution < 1.29 is 4.79 Å². The van der Waals surface area contributed by atoms with Crippen molar-refractivity contribution in [3.8, 4) is 0 Å². The lowest BCUT2D eigenvalue weighted by atomic mass is 10.2. The van der Waals surface area contributed by atoms with Crippen LogP contribution in [-0.4, -0.2) is 45.4 Å². The topological polar surface area (TPSA) is 58.1 Å². The van der Waals surface area contributed by atoms with Crippen LogP contribution in [0.1, 0.15) is 34.6 Å². The number of aromatic nitrogens is 2. The van der Waals surface area contributed by atoms with Crippen LogP contribution in [0.15, 0.2) is 4.34 Å². The largest absolute Gasteiger partial charge is 0.360 e. The molecular weight excluding hydrogens is 280 g/mol. The SMILES string of the molecule is CCNc1nnc(SCC(=O)N(C(C)C)C(C)C)s1. The smallest absolute Gasteiger partial charge is 0.233 e. The van der Waals surface area contributed by atoms with Gasteiger partial charge in [-0.05, 0) is 34.6 Å². The van der Waals surface area contributed by atoms with Crippen molar-refractivity contribution in [3.63, 3.8) is 0 Å². The maximum atomic E-state index is 12.2. The first kappa shape index (κ1) is 16.2. The summed E-state index contributed by atoms with van der Waals surface area (Å²) in [6.45, 7) is 11.0. The van der Waals surface area contributed by atoms with E-state index >= 15 is 0 Å². The summed E-state index contributed by atoms with van der Waals surface area (Å²) in [6, 6.07) is 0.444. The summed E-state index contributed by atoms with van der Waals surface area (Å²) in [6.07, 6.45) is 0. The molecule has 0 aliphatic carbocycles. The van der Waals surface area contributed by atoms with Gasteiger partial charge in [-0.25, -0.2) is 0 Å². The number of anilines is 1. The lowest BCUT2D eigenvalue weighted by molar-refractivity contribution is -0.131. The first-order valence-electron chi connectivity index (χ1n) is 6.47. The third kappa shape index (κ3) is 4.99. The molecule has 1 amide bonds. The normalized spacial score (nSPS) is 11.1. The van der Waals surface area contributed by atoms with Gasteiger partial charge in [-0.1, -0.05) is 23.1 Å². The molecule has 0 fully saturated rings. The minimum atomic E-state index is 0.148. The van der Waals surface area contributed by atoms with E-state index in [0.29, 0.717) is 5.75 Å². The van der Waals surface area contributed by atoms with Crippen LogP contribution in [0.2, 0.25) is 0 Å². The molecule has 0 unspecified atom stereocenters. The summed E-state index contributed by atoms with van der Waals surface area (Å²) in [5.41, 5.74) is 0. The summed E-state index contributed by atoms with van der Waals surface area (Å²) in [5, 5.41) is 12.0. The van der Waals surface area contributed by atoms with Crippen LogP contribution < -0.4 is 5.32 Å². The number of nitrogens with zero attached hydrogens (tertiary/aromatic N) is 3. The fourth-order valence-corrected chi connectivity index (χ4v) is 3.55. The molecule has 0 bridgehead atoms. The first-order valence-corrected chi connectivity index (χ1v) is 8.27. The Kier molecular flexibility index (Phi) is 6.57. The van der Waals surface area contributed by atoms with Crippen molar-refractivity contribution in [1.82, 2.24) is 15.1 Å². The highest BCUT2D eigenvalue weighted by Crippen LogP contribution is 2.25. The van der Waals surface area contributed by atoms with Gasteiger partial charge < -0.3 is 10.2 Å². The lowest BCUT2D eigenvalue weighted by Gasteiger charge is -2.30. The van der Waals surface area contributed by atoms with Gasteiger partial charge in [-0.15, -0.1) is 10.2 Å². The molecule has 0 aromatic carbocycles. The number of carbonyl (C=O) groups excluding carboxylic acids is 1. The highest BCUT2D eigenvalue weighted by molar-refractivity contribution is 8.01. The van der Waals surface area contributed by atoms with Gasteiger partial charge in [0.15, 0.2) is 4.34 Å². The van der Waals surface area contributed by atoms with Gasteiger partial charge in [0, 0.05) is 18.6 Å². The molecule has 5 nitrogen and oxygen atoms in total. The predicted molar refractivity (Wildman–Crippen MR) is 81.9 cm³/mol. The highest BCUT2D eigenvalue weighted by Gasteiger charge is 2.20. The van der Waals surface area contributed by atoms with Crippen LogP contribution >= 0.6 is 23.1 Å². The zero-order chi connectivity index (χ0) is 14.4. The minimum Gasteiger partial charge on any atom is -0.360 e. The van der Waals surface area contributed by atoms with E-state index in [0.717, 1.165) is 16.0 Å². The molecule has 1 aromatic rings. The molecule has 0 atom stereocenters. The van der Waals surface area contributed by atoms with Gasteiger partial charge >= 0.3 is 0 Å². The van der Waals surface area contributed by atoms with E-state index in [2.05, 4.69) is 15.5 Å². The Morgan fingerprint density at radius 3 is 2.47 bits per heavy atom. The summed E-state index contributed by atoms with van der Waals surface area (Å²) in [7, 11) is 0. The Morgan fingerprint density at radius 2 is 1.95 bits per heavy atom. The second-order valence-electron chi connectivity index (χ2n) is 4.68. The maximum Gasteiger partial charge on any atom is 0.233 e. The van der Waals surface area contributed by atoms with Gasteiger partial charge in [-0.2, -0.15) is 0 Å². The Labute approximate surface area is 123 Å². The van der Waals surface area contributed by atoms with E-state index in [1.54, 1.807) is 0 Å². The van der Waals surface area contributed by atoms with Gasteiger partial charge in [0.2, 0.25) is 11.0 Å². The Balaban J connectivity index is 2.52. The van der Waals surface area contributed by atoms with E-state index in [1.807, 2.05) is 39.5 Å². The van der Waals surface area contributed by atoms with Gasteiger partial charge in [-0.3, -0.25) is 4.79 Å². The van der Waals surface area contributed by atoms with Crippen LogP contribution in [0.3, 0.4) is 0 Å². The van der Waals surface area contributed by atoms with Crippen molar-refractivity contribution in [1.29, 1.82) is 0 Å². The molecule has 108 valence electrons. The fourth-order valence-electron chi connectivity index (χ4n) is 1.86. The Hall–Kier alpha value is -0.820. The molecule has 0 spiro atoms. The monoisotopic (exact) mass is 302 g/mol. The number of hydrogen-bond donors (Lipinski definition) is 1. The van der Waals surface area contributed by atoms with Gasteiger partial charge in [0.25, 0.3) is 0 Å². The van der Waals surface area contributed by atoms with Crippen LogP contribution in [0.4, 0.5) is 5.13 Å². The van der Waals surface area contributed by atoms with E-state index in [4.69, 9.17) is 0 Å². The summed E-state index contributed by atoms with van der Waals surface area (Å²) in [5.74, 6) is 0.562. The molecule has 0 saturated carbocycles. The number of hydrogen-bond acceptors (Lipinski definition) is 6. The number of nitrogens with one attached hydrogen (secondary N) is 1. The standard InChI is InChI=1S/C12H22N4OS2/c1-6-13-11-14-15-12(19-11)18-7-10(17)16(8(2)3)9(4)5/h8-9H,6-7H2,1-5H3,(H,13,14). The minimum absolute atomic E-state index is 0.148. The van der Waals surface area contributed by atoms with Crippen LogP contribution in [0, 0.1) is 0 Å². The fraction of sp³-hybridized carbons (Fsp3) is 0.750. The molecule has 0 saturated heterocycles. The molecule has 1 rings (SSSR count). The van der Waals surface area contributed by atoms with Crippen molar-refractivity contribution in [2.24, 2.45) is 0 Å². The van der Waals surface area contributed by atoms with Crippen molar-refractivity contribution in [2.75, 3.05) is 17.6 Å². The summed E-state index contributed by atoms with van der Waals surface area (Å²) in [4.78, 5) is 14.1. The third-order valence-electron chi connectivity index (χ3n) is 2.45. The average molecular weight is 302 g/mol. The van der Waals surface area contributed by atoms with E-state index < -0.39 is 0 Å². The molecule has 19 heavy (non-hydrogen) atoms. The lowest BCUT2D eigenvalue weighted by Crippen LogP contribution is -2.43. The molecule has 7 heteroatoms. The molecule has 1 aromatic heterocycles. The number of carbonyl (C=O) groups is 1. The average Bonchev–Trinajstić information content (AvgIpc) is 2.74. The second-order valence-corrected chi connectivity index (χ2v) is 6.88. The van der Waals surface area contributed by atoms with Crippen molar-refractivity contribution in [3.05, 3.63) is 0 Å². The van der Waals surface area contributed by atoms with Crippen molar-refractivity contribution in [2.45, 2.75) is 51.0 Å². The van der Waals surface area contributed by atoms with Crippen LogP contribution in [-0.2, 0) is 4.79 Å². The maximum absolute atomic E-state index is 12.2. The molecule has 0 aliphatic rings. The quantitative estimate of drug-likeness (QED) is 0.785. The third-order valence-corrected chi connectivity index (χ3v) is 4.45. The summed E-state index contributed by atoms with van der Waals surface area (Å²) < 4.78 is 0.830.